The Morgan fingerprint density at radius 1 is 0.917 bits per heavy atom. The van der Waals surface area contributed by atoms with Crippen LogP contribution in [0.3, 0.4) is 0 Å². The number of nitrogens with zero attached hydrogens (tertiary/aromatic N) is 3. The first-order chi connectivity index (χ1) is 17.5. The average molecular weight is 496 g/mol. The molecule has 3 heterocycles. The fourth-order valence-electron chi connectivity index (χ4n) is 4.36. The molecule has 3 aromatic carbocycles. The van der Waals surface area contributed by atoms with Crippen molar-refractivity contribution < 1.29 is 13.9 Å². The van der Waals surface area contributed by atoms with Crippen molar-refractivity contribution in [1.82, 2.24) is 10.2 Å². The number of hydrogen-bond donors (Lipinski definition) is 0. The zero-order valence-corrected chi connectivity index (χ0v) is 20.4. The SMILES string of the molecule is CC(C)c1nnc(N2C(=O)c3oc4ccccc4c(=O)c3[C@H]2c2cccc(Oc3ccccc3)c2)s1. The molecule has 178 valence electrons. The van der Waals surface area contributed by atoms with Crippen LogP contribution in [0.4, 0.5) is 5.13 Å². The first kappa shape index (κ1) is 22.2. The van der Waals surface area contributed by atoms with Crippen LogP contribution in [-0.4, -0.2) is 16.1 Å². The van der Waals surface area contributed by atoms with Crippen LogP contribution in [0, 0.1) is 0 Å². The molecular weight excluding hydrogens is 474 g/mol. The highest BCUT2D eigenvalue weighted by molar-refractivity contribution is 7.15. The quantitative estimate of drug-likeness (QED) is 0.284. The normalized spacial score (nSPS) is 15.0. The maximum Gasteiger partial charge on any atom is 0.297 e. The molecule has 36 heavy (non-hydrogen) atoms. The minimum absolute atomic E-state index is 0.0272. The van der Waals surface area contributed by atoms with Crippen molar-refractivity contribution >= 4 is 33.3 Å². The van der Waals surface area contributed by atoms with Crippen molar-refractivity contribution in [3.8, 4) is 11.5 Å². The number of carbonyl (C=O) groups is 1. The Hall–Kier alpha value is -4.30. The molecule has 0 spiro atoms. The minimum atomic E-state index is -0.736. The second-order valence-corrected chi connectivity index (χ2v) is 9.80. The molecule has 0 saturated heterocycles. The molecule has 8 heteroatoms. The average Bonchev–Trinajstić information content (AvgIpc) is 3.49. The Labute approximate surface area is 210 Å². The maximum absolute atomic E-state index is 13.7. The highest BCUT2D eigenvalue weighted by Crippen LogP contribution is 2.43. The number of rotatable bonds is 5. The van der Waals surface area contributed by atoms with Gasteiger partial charge in [0.05, 0.1) is 17.0 Å². The summed E-state index contributed by atoms with van der Waals surface area (Å²) in [5, 5.41) is 10.2. The van der Waals surface area contributed by atoms with Gasteiger partial charge in [-0.25, -0.2) is 0 Å². The van der Waals surface area contributed by atoms with Crippen molar-refractivity contribution in [2.24, 2.45) is 0 Å². The summed E-state index contributed by atoms with van der Waals surface area (Å²) in [7, 11) is 0. The fourth-order valence-corrected chi connectivity index (χ4v) is 5.23. The molecule has 0 saturated carbocycles. The first-order valence-electron chi connectivity index (χ1n) is 11.6. The molecule has 1 aliphatic rings. The van der Waals surface area contributed by atoms with Gasteiger partial charge in [0.2, 0.25) is 10.9 Å². The molecule has 0 aliphatic carbocycles. The molecule has 0 bridgehead atoms. The summed E-state index contributed by atoms with van der Waals surface area (Å²) in [4.78, 5) is 29.0. The largest absolute Gasteiger partial charge is 0.457 e. The van der Waals surface area contributed by atoms with Crippen LogP contribution in [0.5, 0.6) is 11.5 Å². The van der Waals surface area contributed by atoms with E-state index in [1.165, 1.54) is 16.2 Å². The Kier molecular flexibility index (Phi) is 5.38. The molecule has 0 N–H and O–H groups in total. The van der Waals surface area contributed by atoms with E-state index in [4.69, 9.17) is 9.15 Å². The summed E-state index contributed by atoms with van der Waals surface area (Å²) in [6.45, 7) is 4.04. The number of aromatic nitrogens is 2. The maximum atomic E-state index is 13.7. The third-order valence-electron chi connectivity index (χ3n) is 6.06. The summed E-state index contributed by atoms with van der Waals surface area (Å²) < 4.78 is 12.1. The van der Waals surface area contributed by atoms with Gasteiger partial charge in [0.15, 0.2) is 5.43 Å². The van der Waals surface area contributed by atoms with Crippen LogP contribution < -0.4 is 15.1 Å². The summed E-state index contributed by atoms with van der Waals surface area (Å²) in [6, 6.07) is 23.0. The van der Waals surface area contributed by atoms with Gasteiger partial charge in [0, 0.05) is 5.92 Å². The van der Waals surface area contributed by atoms with E-state index in [0.717, 1.165) is 5.01 Å². The van der Waals surface area contributed by atoms with E-state index in [-0.39, 0.29) is 22.7 Å². The summed E-state index contributed by atoms with van der Waals surface area (Å²) >= 11 is 1.34. The van der Waals surface area contributed by atoms with E-state index in [1.807, 2.05) is 68.4 Å². The predicted octanol–water partition coefficient (Wildman–Crippen LogP) is 6.31. The number of fused-ring (bicyclic) bond motifs is 2. The van der Waals surface area contributed by atoms with Crippen molar-refractivity contribution in [1.29, 1.82) is 0 Å². The lowest BCUT2D eigenvalue weighted by atomic mass is 9.98. The highest BCUT2D eigenvalue weighted by atomic mass is 32.1. The fraction of sp³-hybridized carbons (Fsp3) is 0.143. The van der Waals surface area contributed by atoms with E-state index in [2.05, 4.69) is 10.2 Å². The van der Waals surface area contributed by atoms with Gasteiger partial charge in [0.25, 0.3) is 5.91 Å². The van der Waals surface area contributed by atoms with Crippen molar-refractivity contribution in [2.45, 2.75) is 25.8 Å². The molecule has 0 unspecified atom stereocenters. The number of carbonyl (C=O) groups excluding carboxylic acids is 1. The molecule has 1 atom stereocenters. The molecule has 2 aromatic heterocycles. The third-order valence-corrected chi connectivity index (χ3v) is 7.28. The summed E-state index contributed by atoms with van der Waals surface area (Å²) in [6.07, 6.45) is 0. The molecule has 0 fully saturated rings. The zero-order valence-electron chi connectivity index (χ0n) is 19.5. The lowest BCUT2D eigenvalue weighted by molar-refractivity contribution is 0.0970. The van der Waals surface area contributed by atoms with Crippen molar-refractivity contribution in [2.75, 3.05) is 4.90 Å². The van der Waals surface area contributed by atoms with E-state index in [0.29, 0.717) is 33.2 Å². The molecule has 0 radical (unpaired) electrons. The van der Waals surface area contributed by atoms with Crippen molar-refractivity contribution in [3.05, 3.63) is 111 Å². The predicted molar refractivity (Wildman–Crippen MR) is 138 cm³/mol. The van der Waals surface area contributed by atoms with Gasteiger partial charge in [-0.3, -0.25) is 14.5 Å². The van der Waals surface area contributed by atoms with Crippen LogP contribution in [0.2, 0.25) is 0 Å². The third kappa shape index (κ3) is 3.67. The Morgan fingerprint density at radius 2 is 1.67 bits per heavy atom. The molecule has 5 aromatic rings. The number of anilines is 1. The van der Waals surface area contributed by atoms with Crippen LogP contribution in [0.1, 0.15) is 52.5 Å². The van der Waals surface area contributed by atoms with E-state index < -0.39 is 11.9 Å². The highest BCUT2D eigenvalue weighted by Gasteiger charge is 2.45. The molecule has 1 amide bonds. The lowest BCUT2D eigenvalue weighted by Crippen LogP contribution is -2.29. The van der Waals surface area contributed by atoms with Gasteiger partial charge in [-0.05, 0) is 42.0 Å². The molecular formula is C28H21N3O4S. The van der Waals surface area contributed by atoms with Crippen LogP contribution in [0.15, 0.2) is 88.1 Å². The monoisotopic (exact) mass is 495 g/mol. The number of ether oxygens (including phenoxy) is 1. The number of benzene rings is 3. The summed E-state index contributed by atoms with van der Waals surface area (Å²) in [5.41, 5.74) is 1.13. The number of para-hydroxylation sites is 2. The molecule has 6 rings (SSSR count). The smallest absolute Gasteiger partial charge is 0.297 e. The summed E-state index contributed by atoms with van der Waals surface area (Å²) in [5.74, 6) is 1.04. The number of amides is 1. The van der Waals surface area contributed by atoms with Gasteiger partial charge >= 0.3 is 0 Å². The van der Waals surface area contributed by atoms with Gasteiger partial charge in [0.1, 0.15) is 22.1 Å². The van der Waals surface area contributed by atoms with E-state index >= 15 is 0 Å². The molecule has 7 nitrogen and oxygen atoms in total. The van der Waals surface area contributed by atoms with Gasteiger partial charge in [-0.1, -0.05) is 67.6 Å². The number of hydrogen-bond acceptors (Lipinski definition) is 7. The topological polar surface area (TPSA) is 85.5 Å². The lowest BCUT2D eigenvalue weighted by Gasteiger charge is -2.22. The minimum Gasteiger partial charge on any atom is -0.457 e. The molecule has 1 aliphatic heterocycles. The van der Waals surface area contributed by atoms with Crippen molar-refractivity contribution in [3.63, 3.8) is 0 Å². The van der Waals surface area contributed by atoms with E-state index in [9.17, 15) is 9.59 Å². The van der Waals surface area contributed by atoms with Gasteiger partial charge in [-0.15, -0.1) is 10.2 Å². The Balaban J connectivity index is 1.54. The van der Waals surface area contributed by atoms with E-state index in [1.54, 1.807) is 24.3 Å². The second kappa shape index (κ2) is 8.73. The van der Waals surface area contributed by atoms with Crippen LogP contribution in [0.25, 0.3) is 11.0 Å². The zero-order chi connectivity index (χ0) is 24.8. The standard InChI is InChI=1S/C28H21N3O4S/c1-16(2)26-29-30-28(36-26)31-23(17-9-8-12-19(15-17)34-18-10-4-3-5-11-18)22-24(32)20-13-6-7-14-21(20)35-25(22)27(31)33/h3-16,23H,1-2H3/t23-/m1/s1. The first-order valence-corrected chi connectivity index (χ1v) is 12.4. The second-order valence-electron chi connectivity index (χ2n) is 8.81. The van der Waals surface area contributed by atoms with Gasteiger partial charge < -0.3 is 9.15 Å². The van der Waals surface area contributed by atoms with Crippen LogP contribution in [-0.2, 0) is 0 Å². The Bertz CT molecular complexity index is 1660. The Morgan fingerprint density at radius 3 is 2.44 bits per heavy atom. The van der Waals surface area contributed by atoms with Crippen LogP contribution >= 0.6 is 11.3 Å². The van der Waals surface area contributed by atoms with Gasteiger partial charge in [-0.2, -0.15) is 0 Å².